The van der Waals surface area contributed by atoms with Gasteiger partial charge in [0.05, 0.1) is 19.4 Å². The van der Waals surface area contributed by atoms with Gasteiger partial charge in [-0.15, -0.1) is 0 Å². The quantitative estimate of drug-likeness (QED) is 0.464. The Hall–Kier alpha value is -1.95. The van der Waals surface area contributed by atoms with Gasteiger partial charge in [0.15, 0.2) is 5.96 Å². The zero-order chi connectivity index (χ0) is 17.5. The van der Waals surface area contributed by atoms with E-state index < -0.39 is 0 Å². The molecule has 1 N–H and O–H groups in total. The lowest BCUT2D eigenvalue weighted by Crippen LogP contribution is -2.53. The number of benzene rings is 1. The molecule has 1 aromatic rings. The van der Waals surface area contributed by atoms with E-state index in [1.807, 2.05) is 19.2 Å². The van der Waals surface area contributed by atoms with E-state index in [9.17, 15) is 0 Å². The van der Waals surface area contributed by atoms with Crippen molar-refractivity contribution < 1.29 is 9.47 Å². The van der Waals surface area contributed by atoms with Crippen molar-refractivity contribution in [3.8, 4) is 5.75 Å². The second-order valence-corrected chi connectivity index (χ2v) is 6.64. The van der Waals surface area contributed by atoms with Crippen LogP contribution in [-0.2, 0) is 4.74 Å². The third-order valence-corrected chi connectivity index (χ3v) is 4.80. The van der Waals surface area contributed by atoms with Crippen LogP contribution in [0.5, 0.6) is 5.75 Å². The molecule has 6 nitrogen and oxygen atoms in total. The number of ether oxygens (including phenoxy) is 2. The summed E-state index contributed by atoms with van der Waals surface area (Å²) in [6.07, 6.45) is 2.68. The van der Waals surface area contributed by atoms with E-state index in [1.165, 1.54) is 18.5 Å². The van der Waals surface area contributed by atoms with Crippen LogP contribution in [0.15, 0.2) is 29.3 Å². The molecule has 0 bridgehead atoms. The first kappa shape index (κ1) is 17.9. The molecule has 1 aliphatic carbocycles. The third kappa shape index (κ3) is 5.01. The fourth-order valence-electron chi connectivity index (χ4n) is 3.15. The van der Waals surface area contributed by atoms with Crippen molar-refractivity contribution >= 4 is 11.6 Å². The Labute approximate surface area is 150 Å². The number of aliphatic imine (C=N–C) groups is 1. The molecule has 1 saturated carbocycles. The zero-order valence-electron chi connectivity index (χ0n) is 15.4. The molecule has 2 aliphatic rings. The molecule has 3 rings (SSSR count). The van der Waals surface area contributed by atoms with Gasteiger partial charge in [0.1, 0.15) is 5.75 Å². The lowest BCUT2D eigenvalue weighted by molar-refractivity contribution is 0.128. The molecule has 1 aliphatic heterocycles. The molecule has 0 amide bonds. The van der Waals surface area contributed by atoms with Crippen LogP contribution in [-0.4, -0.2) is 71.0 Å². The molecular formula is C19H30N4O2. The van der Waals surface area contributed by atoms with E-state index in [2.05, 4.69) is 32.2 Å². The monoisotopic (exact) mass is 346 g/mol. The highest BCUT2D eigenvalue weighted by Crippen LogP contribution is 2.29. The fourth-order valence-corrected chi connectivity index (χ4v) is 3.15. The number of nitrogens with one attached hydrogen (secondary N) is 1. The van der Waals surface area contributed by atoms with Gasteiger partial charge in [-0.3, -0.25) is 4.99 Å². The number of para-hydroxylation sites is 2. The molecular weight excluding hydrogens is 316 g/mol. The Morgan fingerprint density at radius 2 is 1.96 bits per heavy atom. The first-order valence-corrected chi connectivity index (χ1v) is 9.23. The molecule has 0 radical (unpaired) electrons. The summed E-state index contributed by atoms with van der Waals surface area (Å²) in [4.78, 5) is 9.11. The average Bonchev–Trinajstić information content (AvgIpc) is 3.49. The number of piperazine rings is 1. The number of rotatable bonds is 7. The molecule has 0 aromatic heterocycles. The van der Waals surface area contributed by atoms with Crippen LogP contribution in [0.1, 0.15) is 12.8 Å². The minimum absolute atomic E-state index is 0.747. The van der Waals surface area contributed by atoms with Crippen LogP contribution in [0, 0.1) is 5.92 Å². The van der Waals surface area contributed by atoms with Gasteiger partial charge in [-0.05, 0) is 30.9 Å². The summed E-state index contributed by atoms with van der Waals surface area (Å²) in [6, 6.07) is 8.21. The maximum Gasteiger partial charge on any atom is 0.193 e. The van der Waals surface area contributed by atoms with Crippen molar-refractivity contribution in [2.45, 2.75) is 12.8 Å². The molecule has 2 fully saturated rings. The molecule has 25 heavy (non-hydrogen) atoms. The standard InChI is InChI=1S/C19H30N4O2/c1-20-19(21-9-14-25-15-16-7-8-16)23-12-10-22(11-13-23)17-5-3-4-6-18(17)24-2/h3-6,16H,7-15H2,1-2H3,(H,20,21). The Kier molecular flexibility index (Phi) is 6.39. The first-order valence-electron chi connectivity index (χ1n) is 9.23. The number of methoxy groups -OCH3 is 1. The largest absolute Gasteiger partial charge is 0.495 e. The molecule has 6 heteroatoms. The fraction of sp³-hybridized carbons (Fsp3) is 0.632. The lowest BCUT2D eigenvalue weighted by Gasteiger charge is -2.38. The highest BCUT2D eigenvalue weighted by atomic mass is 16.5. The van der Waals surface area contributed by atoms with E-state index >= 15 is 0 Å². The van der Waals surface area contributed by atoms with E-state index in [0.717, 1.165) is 63.6 Å². The van der Waals surface area contributed by atoms with Crippen LogP contribution < -0.4 is 15.0 Å². The number of nitrogens with zero attached hydrogens (tertiary/aromatic N) is 3. The SMILES string of the molecule is CN=C(NCCOCC1CC1)N1CCN(c2ccccc2OC)CC1. The Balaban J connectivity index is 1.43. The molecule has 0 atom stereocenters. The number of hydrogen-bond donors (Lipinski definition) is 1. The number of guanidine groups is 1. The van der Waals surface area contributed by atoms with E-state index in [-0.39, 0.29) is 0 Å². The second-order valence-electron chi connectivity index (χ2n) is 6.64. The number of anilines is 1. The van der Waals surface area contributed by atoms with Gasteiger partial charge in [-0.2, -0.15) is 0 Å². The van der Waals surface area contributed by atoms with E-state index in [1.54, 1.807) is 7.11 Å². The normalized spacial score (nSPS) is 18.4. The Morgan fingerprint density at radius 3 is 2.64 bits per heavy atom. The molecule has 1 aromatic carbocycles. The highest BCUT2D eigenvalue weighted by molar-refractivity contribution is 5.80. The summed E-state index contributed by atoms with van der Waals surface area (Å²) in [6.45, 7) is 6.28. The maximum atomic E-state index is 5.68. The van der Waals surface area contributed by atoms with Crippen molar-refractivity contribution in [2.24, 2.45) is 10.9 Å². The predicted octanol–water partition coefficient (Wildman–Crippen LogP) is 1.82. The van der Waals surface area contributed by atoms with Crippen molar-refractivity contribution in [3.05, 3.63) is 24.3 Å². The Bertz CT molecular complexity index is 566. The molecule has 138 valence electrons. The average molecular weight is 346 g/mol. The second kappa shape index (κ2) is 8.94. The topological polar surface area (TPSA) is 49.3 Å². The maximum absolute atomic E-state index is 5.68. The van der Waals surface area contributed by atoms with Gasteiger partial charge in [-0.1, -0.05) is 12.1 Å². The summed E-state index contributed by atoms with van der Waals surface area (Å²) in [7, 11) is 3.58. The summed E-state index contributed by atoms with van der Waals surface area (Å²) in [5.41, 5.74) is 1.17. The summed E-state index contributed by atoms with van der Waals surface area (Å²) in [5.74, 6) is 2.73. The zero-order valence-corrected chi connectivity index (χ0v) is 15.4. The van der Waals surface area contributed by atoms with Gasteiger partial charge in [0.2, 0.25) is 0 Å². The molecule has 0 spiro atoms. The van der Waals surface area contributed by atoms with E-state index in [0.29, 0.717) is 0 Å². The predicted molar refractivity (Wildman–Crippen MR) is 102 cm³/mol. The highest BCUT2D eigenvalue weighted by Gasteiger charge is 2.22. The smallest absolute Gasteiger partial charge is 0.193 e. The van der Waals surface area contributed by atoms with Crippen LogP contribution in [0.2, 0.25) is 0 Å². The summed E-state index contributed by atoms with van der Waals surface area (Å²) in [5, 5.41) is 3.42. The van der Waals surface area contributed by atoms with Gasteiger partial charge in [-0.25, -0.2) is 0 Å². The van der Waals surface area contributed by atoms with Crippen molar-refractivity contribution in [3.63, 3.8) is 0 Å². The van der Waals surface area contributed by atoms with Crippen molar-refractivity contribution in [1.29, 1.82) is 0 Å². The van der Waals surface area contributed by atoms with Crippen molar-refractivity contribution in [2.75, 3.05) is 65.0 Å². The Morgan fingerprint density at radius 1 is 1.20 bits per heavy atom. The van der Waals surface area contributed by atoms with Crippen LogP contribution in [0.25, 0.3) is 0 Å². The van der Waals surface area contributed by atoms with Gasteiger partial charge >= 0.3 is 0 Å². The minimum atomic E-state index is 0.747. The number of hydrogen-bond acceptors (Lipinski definition) is 4. The van der Waals surface area contributed by atoms with Crippen LogP contribution in [0.4, 0.5) is 5.69 Å². The molecule has 1 saturated heterocycles. The first-order chi connectivity index (χ1) is 12.3. The minimum Gasteiger partial charge on any atom is -0.495 e. The lowest BCUT2D eigenvalue weighted by atomic mass is 10.2. The van der Waals surface area contributed by atoms with Gasteiger partial charge in [0.25, 0.3) is 0 Å². The van der Waals surface area contributed by atoms with Crippen molar-refractivity contribution in [1.82, 2.24) is 10.2 Å². The third-order valence-electron chi connectivity index (χ3n) is 4.80. The molecule has 1 heterocycles. The molecule has 0 unspecified atom stereocenters. The van der Waals surface area contributed by atoms with Crippen LogP contribution in [0.3, 0.4) is 0 Å². The summed E-state index contributed by atoms with van der Waals surface area (Å²) >= 11 is 0. The van der Waals surface area contributed by atoms with E-state index in [4.69, 9.17) is 9.47 Å². The van der Waals surface area contributed by atoms with Gasteiger partial charge in [0, 0.05) is 46.4 Å². The van der Waals surface area contributed by atoms with Gasteiger partial charge < -0.3 is 24.6 Å². The summed E-state index contributed by atoms with van der Waals surface area (Å²) < 4.78 is 11.2. The van der Waals surface area contributed by atoms with Crippen LogP contribution >= 0.6 is 0 Å².